The van der Waals surface area contributed by atoms with E-state index in [1.54, 1.807) is 0 Å². The summed E-state index contributed by atoms with van der Waals surface area (Å²) in [5, 5.41) is 2.54. The van der Waals surface area contributed by atoms with E-state index < -0.39 is 29.6 Å². The summed E-state index contributed by atoms with van der Waals surface area (Å²) in [4.78, 5) is 36.0. The van der Waals surface area contributed by atoms with Crippen LogP contribution in [0.3, 0.4) is 0 Å². The van der Waals surface area contributed by atoms with Crippen LogP contribution in [0.2, 0.25) is 0 Å². The molecule has 3 amide bonds. The molecule has 0 unspecified atom stereocenters. The number of alkyl halides is 2. The summed E-state index contributed by atoms with van der Waals surface area (Å²) >= 11 is 0. The minimum atomic E-state index is -2.96. The Morgan fingerprint density at radius 2 is 1.95 bits per heavy atom. The highest BCUT2D eigenvalue weighted by Gasteiger charge is 2.59. The maximum atomic E-state index is 12.4. The standard InChI is InChI=1S/C11H9F2N3O3/c12-9(13)15-4-1-6(5-7(15)17)16-8(18)11(2-3-11)14-10(16)19/h1,4-5,9H,2-3H2,(H,14,19). The van der Waals surface area contributed by atoms with Crippen LogP contribution in [-0.4, -0.2) is 22.0 Å². The van der Waals surface area contributed by atoms with E-state index in [-0.39, 0.29) is 10.3 Å². The largest absolute Gasteiger partial charge is 0.329 e. The molecule has 3 rings (SSSR count). The van der Waals surface area contributed by atoms with E-state index in [1.807, 2.05) is 0 Å². The lowest BCUT2D eigenvalue weighted by Gasteiger charge is -2.13. The zero-order valence-corrected chi connectivity index (χ0v) is 9.60. The van der Waals surface area contributed by atoms with Crippen LogP contribution in [0.5, 0.6) is 0 Å². The Balaban J connectivity index is 1.99. The van der Waals surface area contributed by atoms with E-state index in [9.17, 15) is 23.2 Å². The molecule has 1 aromatic heterocycles. The number of hydrogen-bond donors (Lipinski definition) is 1. The van der Waals surface area contributed by atoms with Crippen LogP contribution in [0.15, 0.2) is 23.1 Å². The number of pyridine rings is 1. The van der Waals surface area contributed by atoms with Gasteiger partial charge in [0, 0.05) is 12.3 Å². The number of imide groups is 1. The molecule has 1 saturated heterocycles. The molecular weight excluding hydrogens is 260 g/mol. The highest BCUT2D eigenvalue weighted by atomic mass is 19.3. The molecule has 0 atom stereocenters. The molecule has 2 aliphatic rings. The summed E-state index contributed by atoms with van der Waals surface area (Å²) in [7, 11) is 0. The Morgan fingerprint density at radius 3 is 2.42 bits per heavy atom. The van der Waals surface area contributed by atoms with Crippen molar-refractivity contribution in [3.8, 4) is 0 Å². The minimum Gasteiger partial charge on any atom is -0.323 e. The summed E-state index contributed by atoms with van der Waals surface area (Å²) in [5.74, 6) is -0.438. The zero-order valence-electron chi connectivity index (χ0n) is 9.60. The fourth-order valence-electron chi connectivity index (χ4n) is 2.10. The van der Waals surface area contributed by atoms with E-state index in [0.717, 1.165) is 23.2 Å². The Bertz CT molecular complexity index is 636. The number of urea groups is 1. The summed E-state index contributed by atoms with van der Waals surface area (Å²) in [6.45, 7) is -2.96. The van der Waals surface area contributed by atoms with Crippen molar-refractivity contribution in [2.24, 2.45) is 0 Å². The highest BCUT2D eigenvalue weighted by molar-refractivity contribution is 6.24. The second-order valence-electron chi connectivity index (χ2n) is 4.56. The van der Waals surface area contributed by atoms with Gasteiger partial charge in [-0.05, 0) is 18.9 Å². The third-order valence-corrected chi connectivity index (χ3v) is 3.31. The fraction of sp³-hybridized carbons (Fsp3) is 0.364. The van der Waals surface area contributed by atoms with Crippen molar-refractivity contribution in [2.45, 2.75) is 24.9 Å². The average Bonchev–Trinajstić information content (AvgIpc) is 3.04. The number of nitrogens with one attached hydrogen (secondary N) is 1. The van der Waals surface area contributed by atoms with Crippen molar-refractivity contribution >= 4 is 17.6 Å². The van der Waals surface area contributed by atoms with Crippen LogP contribution >= 0.6 is 0 Å². The van der Waals surface area contributed by atoms with Crippen LogP contribution < -0.4 is 15.8 Å². The normalized spacial score (nSPS) is 20.3. The van der Waals surface area contributed by atoms with E-state index in [2.05, 4.69) is 5.32 Å². The quantitative estimate of drug-likeness (QED) is 0.808. The highest BCUT2D eigenvalue weighted by Crippen LogP contribution is 2.41. The van der Waals surface area contributed by atoms with E-state index in [0.29, 0.717) is 12.8 Å². The molecule has 8 heteroatoms. The lowest BCUT2D eigenvalue weighted by molar-refractivity contribution is -0.119. The van der Waals surface area contributed by atoms with Gasteiger partial charge in [-0.3, -0.25) is 14.2 Å². The summed E-state index contributed by atoms with van der Waals surface area (Å²) in [5.41, 5.74) is -1.80. The second-order valence-corrected chi connectivity index (χ2v) is 4.56. The molecule has 1 aromatic rings. The van der Waals surface area contributed by atoms with Gasteiger partial charge in [-0.1, -0.05) is 0 Å². The Morgan fingerprint density at radius 1 is 1.26 bits per heavy atom. The molecule has 0 aromatic carbocycles. The van der Waals surface area contributed by atoms with Gasteiger partial charge in [0.1, 0.15) is 5.54 Å². The molecule has 1 aliphatic heterocycles. The molecule has 0 bridgehead atoms. The number of aromatic nitrogens is 1. The van der Waals surface area contributed by atoms with Gasteiger partial charge in [0.2, 0.25) is 0 Å². The number of halogens is 2. The van der Waals surface area contributed by atoms with Crippen LogP contribution in [0.25, 0.3) is 0 Å². The molecule has 1 N–H and O–H groups in total. The number of nitrogens with zero attached hydrogens (tertiary/aromatic N) is 2. The molecule has 19 heavy (non-hydrogen) atoms. The van der Waals surface area contributed by atoms with Gasteiger partial charge >= 0.3 is 12.6 Å². The topological polar surface area (TPSA) is 71.4 Å². The molecule has 6 nitrogen and oxygen atoms in total. The summed E-state index contributed by atoms with van der Waals surface area (Å²) < 4.78 is 25.1. The molecule has 0 radical (unpaired) electrons. The van der Waals surface area contributed by atoms with E-state index in [4.69, 9.17) is 0 Å². The number of amides is 3. The van der Waals surface area contributed by atoms with Crippen molar-refractivity contribution in [3.05, 3.63) is 28.7 Å². The Labute approximate surface area is 105 Å². The zero-order chi connectivity index (χ0) is 13.8. The van der Waals surface area contributed by atoms with Crippen molar-refractivity contribution in [3.63, 3.8) is 0 Å². The number of hydrogen-bond acceptors (Lipinski definition) is 3. The van der Waals surface area contributed by atoms with Gasteiger partial charge in [0.25, 0.3) is 11.5 Å². The van der Waals surface area contributed by atoms with Gasteiger partial charge in [0.05, 0.1) is 5.69 Å². The summed E-state index contributed by atoms with van der Waals surface area (Å²) in [6, 6.07) is 1.37. The predicted octanol–water partition coefficient (Wildman–Crippen LogP) is 0.832. The van der Waals surface area contributed by atoms with Crippen LogP contribution in [0, 0.1) is 0 Å². The smallest absolute Gasteiger partial charge is 0.323 e. The first-order chi connectivity index (χ1) is 8.94. The van der Waals surface area contributed by atoms with Gasteiger partial charge in [0.15, 0.2) is 0 Å². The monoisotopic (exact) mass is 269 g/mol. The van der Waals surface area contributed by atoms with E-state index >= 15 is 0 Å². The SMILES string of the molecule is O=C1NC2(CC2)C(=O)N1c1ccn(C(F)F)c(=O)c1. The third-order valence-electron chi connectivity index (χ3n) is 3.31. The maximum Gasteiger partial charge on any atom is 0.329 e. The minimum absolute atomic E-state index is 0.00757. The number of carbonyl (C=O) groups excluding carboxylic acids is 2. The van der Waals surface area contributed by atoms with Gasteiger partial charge in [-0.25, -0.2) is 9.69 Å². The molecule has 1 aliphatic carbocycles. The molecule has 1 saturated carbocycles. The lowest BCUT2D eigenvalue weighted by Crippen LogP contribution is -2.33. The molecule has 100 valence electrons. The maximum absolute atomic E-state index is 12.4. The Hall–Kier alpha value is -2.25. The fourth-order valence-corrected chi connectivity index (χ4v) is 2.10. The van der Waals surface area contributed by atoms with Gasteiger partial charge in [-0.2, -0.15) is 8.78 Å². The Kier molecular flexibility index (Phi) is 2.25. The van der Waals surface area contributed by atoms with E-state index in [1.165, 1.54) is 0 Å². The number of anilines is 1. The molecule has 2 fully saturated rings. The van der Waals surface area contributed by atoms with Crippen molar-refractivity contribution in [2.75, 3.05) is 4.90 Å². The van der Waals surface area contributed by atoms with Gasteiger partial charge in [-0.15, -0.1) is 0 Å². The lowest BCUT2D eigenvalue weighted by atomic mass is 10.2. The number of rotatable bonds is 2. The molecule has 1 spiro atoms. The number of carbonyl (C=O) groups is 2. The van der Waals surface area contributed by atoms with Crippen LogP contribution in [0.4, 0.5) is 19.3 Å². The van der Waals surface area contributed by atoms with Crippen LogP contribution in [-0.2, 0) is 4.79 Å². The van der Waals surface area contributed by atoms with Crippen molar-refractivity contribution in [1.29, 1.82) is 0 Å². The first-order valence-electron chi connectivity index (χ1n) is 5.62. The third kappa shape index (κ3) is 1.63. The predicted molar refractivity (Wildman–Crippen MR) is 59.9 cm³/mol. The summed E-state index contributed by atoms with van der Waals surface area (Å²) in [6.07, 6.45) is 1.98. The molecular formula is C11H9F2N3O3. The molecule has 2 heterocycles. The second kappa shape index (κ2) is 3.62. The van der Waals surface area contributed by atoms with Gasteiger partial charge < -0.3 is 5.32 Å². The van der Waals surface area contributed by atoms with Crippen molar-refractivity contribution in [1.82, 2.24) is 9.88 Å². The van der Waals surface area contributed by atoms with Crippen LogP contribution in [0.1, 0.15) is 19.4 Å². The average molecular weight is 269 g/mol. The first kappa shape index (κ1) is 11.8. The van der Waals surface area contributed by atoms with Crippen molar-refractivity contribution < 1.29 is 18.4 Å². The first-order valence-corrected chi connectivity index (χ1v) is 5.62.